The maximum Gasteiger partial charge on any atom is 0.157 e. The molecule has 0 radical (unpaired) electrons. The topological polar surface area (TPSA) is 42.2 Å². The average Bonchev–Trinajstić information content (AvgIpc) is 2.71. The van der Waals surface area contributed by atoms with E-state index in [2.05, 4.69) is 28.4 Å². The average molecular weight is 251 g/mol. The molecule has 3 rings (SSSR count). The van der Waals surface area contributed by atoms with Gasteiger partial charge in [-0.25, -0.2) is 4.98 Å². The van der Waals surface area contributed by atoms with Crippen LogP contribution in [-0.4, -0.2) is 26.0 Å². The molecular weight excluding hydrogens is 236 g/mol. The molecule has 1 saturated carbocycles. The second-order valence-corrected chi connectivity index (χ2v) is 5.11. The summed E-state index contributed by atoms with van der Waals surface area (Å²) in [4.78, 5) is 4.22. The monoisotopic (exact) mass is 250 g/mol. The van der Waals surface area contributed by atoms with Gasteiger partial charge < -0.3 is 5.32 Å². The zero-order valence-corrected chi connectivity index (χ0v) is 10.5. The van der Waals surface area contributed by atoms with E-state index in [0.717, 1.165) is 24.3 Å². The third-order valence-electron chi connectivity index (χ3n) is 3.48. The van der Waals surface area contributed by atoms with E-state index < -0.39 is 0 Å². The molecule has 0 spiro atoms. The molecule has 5 heteroatoms. The Bertz CT molecular complexity index is 539. The molecule has 2 aromatic heterocycles. The first-order chi connectivity index (χ1) is 8.22. The Morgan fingerprint density at radius 3 is 2.94 bits per heavy atom. The lowest BCUT2D eigenvalue weighted by atomic mass is 9.78. The highest BCUT2D eigenvalue weighted by molar-refractivity contribution is 6.19. The van der Waals surface area contributed by atoms with Gasteiger partial charge in [-0.3, -0.25) is 0 Å². The Hall–Kier alpha value is -1.29. The number of fused-ring (bicyclic) bond motifs is 1. The van der Waals surface area contributed by atoms with E-state index in [1.165, 1.54) is 12.0 Å². The van der Waals surface area contributed by atoms with Crippen LogP contribution in [0, 0.1) is 6.92 Å². The number of pyridine rings is 1. The summed E-state index contributed by atoms with van der Waals surface area (Å²) in [6.45, 7) is 2.06. The minimum absolute atomic E-state index is 0.0498. The van der Waals surface area contributed by atoms with Gasteiger partial charge in [-0.2, -0.15) is 9.61 Å². The third kappa shape index (κ3) is 1.76. The molecule has 0 saturated heterocycles. The summed E-state index contributed by atoms with van der Waals surface area (Å²) in [6, 6.07) is 4.11. The van der Waals surface area contributed by atoms with Gasteiger partial charge in [0.05, 0.1) is 5.54 Å². The van der Waals surface area contributed by atoms with Crippen LogP contribution < -0.4 is 5.32 Å². The van der Waals surface area contributed by atoms with Crippen LogP contribution in [0.25, 0.3) is 5.65 Å². The Kier molecular flexibility index (Phi) is 2.47. The van der Waals surface area contributed by atoms with E-state index in [-0.39, 0.29) is 5.54 Å². The van der Waals surface area contributed by atoms with Crippen molar-refractivity contribution in [2.45, 2.75) is 31.7 Å². The van der Waals surface area contributed by atoms with Crippen LogP contribution >= 0.6 is 11.6 Å². The summed E-state index contributed by atoms with van der Waals surface area (Å²) in [5, 5.41) is 7.78. The summed E-state index contributed by atoms with van der Waals surface area (Å²) in [6.07, 6.45) is 5.07. The summed E-state index contributed by atoms with van der Waals surface area (Å²) < 4.78 is 1.83. The van der Waals surface area contributed by atoms with Crippen LogP contribution in [0.2, 0.25) is 0 Å². The lowest BCUT2D eigenvalue weighted by molar-refractivity contribution is 0.309. The van der Waals surface area contributed by atoms with Crippen molar-refractivity contribution < 1.29 is 0 Å². The van der Waals surface area contributed by atoms with Gasteiger partial charge in [-0.15, -0.1) is 11.6 Å². The number of nitrogens with zero attached hydrogens (tertiary/aromatic N) is 3. The van der Waals surface area contributed by atoms with Crippen molar-refractivity contribution in [2.24, 2.45) is 0 Å². The van der Waals surface area contributed by atoms with Crippen LogP contribution in [-0.2, 0) is 0 Å². The van der Waals surface area contributed by atoms with Crippen molar-refractivity contribution in [3.8, 4) is 0 Å². The van der Waals surface area contributed by atoms with E-state index in [1.54, 1.807) is 6.33 Å². The number of alkyl halides is 1. The van der Waals surface area contributed by atoms with Crippen molar-refractivity contribution in [2.75, 3.05) is 11.2 Å². The van der Waals surface area contributed by atoms with Gasteiger partial charge in [0.25, 0.3) is 0 Å². The van der Waals surface area contributed by atoms with E-state index in [0.29, 0.717) is 5.88 Å². The minimum Gasteiger partial charge on any atom is -0.363 e. The second-order valence-electron chi connectivity index (χ2n) is 4.84. The quantitative estimate of drug-likeness (QED) is 0.852. The highest BCUT2D eigenvalue weighted by Gasteiger charge is 2.36. The van der Waals surface area contributed by atoms with Gasteiger partial charge in [0.2, 0.25) is 0 Å². The van der Waals surface area contributed by atoms with Gasteiger partial charge in [0, 0.05) is 5.88 Å². The largest absolute Gasteiger partial charge is 0.363 e. The maximum absolute atomic E-state index is 6.07. The summed E-state index contributed by atoms with van der Waals surface area (Å²) in [7, 11) is 0. The standard InChI is InChI=1S/C12H15ClN4/c1-9-5-10-14-8-15-17(10)11(6-9)16-12(7-13)3-2-4-12/h5-6,8,16H,2-4,7H2,1H3. The van der Waals surface area contributed by atoms with Crippen molar-refractivity contribution in [3.63, 3.8) is 0 Å². The zero-order chi connectivity index (χ0) is 11.9. The Morgan fingerprint density at radius 1 is 1.47 bits per heavy atom. The number of nitrogens with one attached hydrogen (secondary N) is 1. The molecule has 17 heavy (non-hydrogen) atoms. The molecule has 0 bridgehead atoms. The molecule has 0 atom stereocenters. The van der Waals surface area contributed by atoms with Crippen molar-refractivity contribution in [3.05, 3.63) is 24.0 Å². The Morgan fingerprint density at radius 2 is 2.29 bits per heavy atom. The lowest BCUT2D eigenvalue weighted by Gasteiger charge is -2.41. The van der Waals surface area contributed by atoms with Crippen LogP contribution in [0.4, 0.5) is 5.82 Å². The van der Waals surface area contributed by atoms with Crippen molar-refractivity contribution in [1.29, 1.82) is 0 Å². The molecule has 1 aliphatic rings. The first kappa shape index (κ1) is 10.8. The first-order valence-corrected chi connectivity index (χ1v) is 6.40. The third-order valence-corrected chi connectivity index (χ3v) is 3.99. The van der Waals surface area contributed by atoms with E-state index in [1.807, 2.05) is 10.6 Å². The molecule has 2 aromatic rings. The maximum atomic E-state index is 6.07. The van der Waals surface area contributed by atoms with Gasteiger partial charge in [-0.05, 0) is 43.9 Å². The van der Waals surface area contributed by atoms with E-state index in [9.17, 15) is 0 Å². The van der Waals surface area contributed by atoms with Gasteiger partial charge in [-0.1, -0.05) is 0 Å². The number of rotatable bonds is 3. The normalized spacial score (nSPS) is 18.0. The van der Waals surface area contributed by atoms with Gasteiger partial charge in [0.15, 0.2) is 5.65 Å². The number of aryl methyl sites for hydroxylation is 1. The molecule has 0 unspecified atom stereocenters. The number of halogens is 1. The van der Waals surface area contributed by atoms with Crippen LogP contribution in [0.15, 0.2) is 18.5 Å². The smallest absolute Gasteiger partial charge is 0.157 e. The zero-order valence-electron chi connectivity index (χ0n) is 9.78. The van der Waals surface area contributed by atoms with Gasteiger partial charge in [0.1, 0.15) is 12.1 Å². The van der Waals surface area contributed by atoms with Crippen molar-refractivity contribution >= 4 is 23.1 Å². The predicted molar refractivity (Wildman–Crippen MR) is 68.6 cm³/mol. The number of aromatic nitrogens is 3. The fourth-order valence-electron chi connectivity index (χ4n) is 2.31. The highest BCUT2D eigenvalue weighted by Crippen LogP contribution is 2.36. The van der Waals surface area contributed by atoms with Gasteiger partial charge >= 0.3 is 0 Å². The molecule has 1 fully saturated rings. The SMILES string of the molecule is Cc1cc(NC2(CCl)CCC2)n2ncnc2c1. The molecule has 4 nitrogen and oxygen atoms in total. The Labute approximate surface area is 105 Å². The van der Waals surface area contributed by atoms with Crippen LogP contribution in [0.1, 0.15) is 24.8 Å². The summed E-state index contributed by atoms with van der Waals surface area (Å²) in [5.74, 6) is 1.62. The first-order valence-electron chi connectivity index (χ1n) is 5.87. The van der Waals surface area contributed by atoms with E-state index in [4.69, 9.17) is 11.6 Å². The van der Waals surface area contributed by atoms with Crippen LogP contribution in [0.3, 0.4) is 0 Å². The number of anilines is 1. The molecule has 2 heterocycles. The lowest BCUT2D eigenvalue weighted by Crippen LogP contribution is -2.47. The molecule has 0 aromatic carbocycles. The minimum atomic E-state index is 0.0498. The molecule has 90 valence electrons. The molecule has 0 aliphatic heterocycles. The fraction of sp³-hybridized carbons (Fsp3) is 0.500. The predicted octanol–water partition coefficient (Wildman–Crippen LogP) is 2.61. The fourth-order valence-corrected chi connectivity index (χ4v) is 2.65. The number of hydrogen-bond donors (Lipinski definition) is 1. The van der Waals surface area contributed by atoms with Crippen LogP contribution in [0.5, 0.6) is 0 Å². The van der Waals surface area contributed by atoms with Crippen molar-refractivity contribution in [1.82, 2.24) is 14.6 Å². The summed E-state index contributed by atoms with van der Waals surface area (Å²) >= 11 is 6.07. The molecule has 1 N–H and O–H groups in total. The van der Waals surface area contributed by atoms with E-state index >= 15 is 0 Å². The molecular formula is C12H15ClN4. The molecule has 0 amide bonds. The molecule has 1 aliphatic carbocycles. The number of hydrogen-bond acceptors (Lipinski definition) is 3. The second kappa shape index (κ2) is 3.88. The highest BCUT2D eigenvalue weighted by atomic mass is 35.5. The Balaban J connectivity index is 2.01. The summed E-state index contributed by atoms with van der Waals surface area (Å²) in [5.41, 5.74) is 2.10.